The molecule has 1 heterocycles. The maximum Gasteiger partial charge on any atom is 0.224 e. The van der Waals surface area contributed by atoms with Crippen LogP contribution in [-0.2, 0) is 4.79 Å². The van der Waals surface area contributed by atoms with E-state index < -0.39 is 0 Å². The minimum absolute atomic E-state index is 0.0212. The number of nitrogens with one attached hydrogen (secondary N) is 2. The van der Waals surface area contributed by atoms with Crippen LogP contribution in [0, 0.1) is 18.7 Å². The predicted octanol–water partition coefficient (Wildman–Crippen LogP) is 2.46. The van der Waals surface area contributed by atoms with Gasteiger partial charge in [-0.2, -0.15) is 0 Å². The molecule has 0 aromatic heterocycles. The molecule has 0 atom stereocenters. The molecule has 1 amide bonds. The van der Waals surface area contributed by atoms with Crippen molar-refractivity contribution in [2.24, 2.45) is 5.92 Å². The first-order valence-electron chi connectivity index (χ1n) is 6.42. The van der Waals surface area contributed by atoms with Gasteiger partial charge in [0.2, 0.25) is 5.91 Å². The maximum absolute atomic E-state index is 13.1. The van der Waals surface area contributed by atoms with Crippen LogP contribution < -0.4 is 10.6 Å². The molecule has 1 aliphatic heterocycles. The summed E-state index contributed by atoms with van der Waals surface area (Å²) in [4.78, 5) is 11.9. The van der Waals surface area contributed by atoms with Gasteiger partial charge < -0.3 is 10.6 Å². The normalized spacial score (nSPS) is 16.6. The number of carbonyl (C=O) groups excluding carboxylic acids is 1. The Labute approximate surface area is 107 Å². The standard InChI is InChI=1S/C14H19FN2O/c1-10-8-12(2-3-13(10)15)17-14(18)9-11-4-6-16-7-5-11/h2-3,8,11,16H,4-7,9H2,1H3,(H,17,18). The summed E-state index contributed by atoms with van der Waals surface area (Å²) in [6.45, 7) is 3.68. The lowest BCUT2D eigenvalue weighted by atomic mass is 9.94. The molecule has 1 saturated heterocycles. The van der Waals surface area contributed by atoms with E-state index in [0.717, 1.165) is 25.9 Å². The van der Waals surface area contributed by atoms with Crippen molar-refractivity contribution in [1.82, 2.24) is 5.32 Å². The van der Waals surface area contributed by atoms with E-state index in [-0.39, 0.29) is 11.7 Å². The van der Waals surface area contributed by atoms with Crippen molar-refractivity contribution in [2.45, 2.75) is 26.2 Å². The van der Waals surface area contributed by atoms with Gasteiger partial charge in [-0.1, -0.05) is 0 Å². The van der Waals surface area contributed by atoms with E-state index in [2.05, 4.69) is 10.6 Å². The average molecular weight is 250 g/mol. The summed E-state index contributed by atoms with van der Waals surface area (Å²) in [6.07, 6.45) is 2.66. The molecule has 0 bridgehead atoms. The Bertz CT molecular complexity index is 428. The molecule has 0 unspecified atom stereocenters. The number of amides is 1. The number of halogens is 1. The fraction of sp³-hybridized carbons (Fsp3) is 0.500. The Morgan fingerprint density at radius 3 is 2.83 bits per heavy atom. The zero-order valence-corrected chi connectivity index (χ0v) is 10.6. The lowest BCUT2D eigenvalue weighted by Gasteiger charge is -2.21. The number of piperidine rings is 1. The Balaban J connectivity index is 1.88. The first-order chi connectivity index (χ1) is 8.65. The van der Waals surface area contributed by atoms with Crippen molar-refractivity contribution in [2.75, 3.05) is 18.4 Å². The molecular formula is C14H19FN2O. The highest BCUT2D eigenvalue weighted by Crippen LogP contribution is 2.18. The van der Waals surface area contributed by atoms with Crippen molar-refractivity contribution >= 4 is 11.6 Å². The third kappa shape index (κ3) is 3.53. The Kier molecular flexibility index (Phi) is 4.31. The molecule has 4 heteroatoms. The predicted molar refractivity (Wildman–Crippen MR) is 70.0 cm³/mol. The van der Waals surface area contributed by atoms with Crippen molar-refractivity contribution in [1.29, 1.82) is 0 Å². The van der Waals surface area contributed by atoms with Crippen molar-refractivity contribution < 1.29 is 9.18 Å². The van der Waals surface area contributed by atoms with E-state index in [0.29, 0.717) is 23.6 Å². The monoisotopic (exact) mass is 250 g/mol. The van der Waals surface area contributed by atoms with Gasteiger partial charge in [-0.25, -0.2) is 4.39 Å². The highest BCUT2D eigenvalue weighted by molar-refractivity contribution is 5.90. The van der Waals surface area contributed by atoms with Gasteiger partial charge in [-0.3, -0.25) is 4.79 Å². The molecular weight excluding hydrogens is 231 g/mol. The minimum atomic E-state index is -0.244. The van der Waals surface area contributed by atoms with Gasteiger partial charge in [-0.05, 0) is 62.5 Å². The lowest BCUT2D eigenvalue weighted by molar-refractivity contribution is -0.117. The third-order valence-electron chi connectivity index (χ3n) is 3.37. The first-order valence-corrected chi connectivity index (χ1v) is 6.42. The van der Waals surface area contributed by atoms with Crippen LogP contribution in [0.3, 0.4) is 0 Å². The van der Waals surface area contributed by atoms with Crippen LogP contribution in [-0.4, -0.2) is 19.0 Å². The maximum atomic E-state index is 13.1. The number of anilines is 1. The highest BCUT2D eigenvalue weighted by Gasteiger charge is 2.16. The van der Waals surface area contributed by atoms with E-state index in [1.807, 2.05) is 0 Å². The first kappa shape index (κ1) is 13.0. The molecule has 2 rings (SSSR count). The van der Waals surface area contributed by atoms with Gasteiger partial charge >= 0.3 is 0 Å². The molecule has 3 nitrogen and oxygen atoms in total. The summed E-state index contributed by atoms with van der Waals surface area (Å²) in [5.74, 6) is 0.243. The number of aryl methyl sites for hydroxylation is 1. The SMILES string of the molecule is Cc1cc(NC(=O)CC2CCNCC2)ccc1F. The smallest absolute Gasteiger partial charge is 0.224 e. The second-order valence-electron chi connectivity index (χ2n) is 4.91. The van der Waals surface area contributed by atoms with Crippen LogP contribution >= 0.6 is 0 Å². The summed E-state index contributed by atoms with van der Waals surface area (Å²) >= 11 is 0. The third-order valence-corrected chi connectivity index (χ3v) is 3.37. The van der Waals surface area contributed by atoms with E-state index in [1.165, 1.54) is 6.07 Å². The van der Waals surface area contributed by atoms with E-state index in [1.54, 1.807) is 19.1 Å². The van der Waals surface area contributed by atoms with Gasteiger partial charge in [0.1, 0.15) is 5.82 Å². The number of rotatable bonds is 3. The Morgan fingerprint density at radius 2 is 2.17 bits per heavy atom. The quantitative estimate of drug-likeness (QED) is 0.865. The molecule has 0 aliphatic carbocycles. The zero-order chi connectivity index (χ0) is 13.0. The minimum Gasteiger partial charge on any atom is -0.326 e. The molecule has 98 valence electrons. The van der Waals surface area contributed by atoms with E-state index in [9.17, 15) is 9.18 Å². The number of hydrogen-bond acceptors (Lipinski definition) is 2. The largest absolute Gasteiger partial charge is 0.326 e. The molecule has 0 radical (unpaired) electrons. The second-order valence-corrected chi connectivity index (χ2v) is 4.91. The van der Waals surface area contributed by atoms with Crippen LogP contribution in [0.5, 0.6) is 0 Å². The topological polar surface area (TPSA) is 41.1 Å². The Hall–Kier alpha value is -1.42. The van der Waals surface area contributed by atoms with Crippen molar-refractivity contribution in [3.8, 4) is 0 Å². The van der Waals surface area contributed by atoms with Crippen molar-refractivity contribution in [3.05, 3.63) is 29.6 Å². The fourth-order valence-electron chi connectivity index (χ4n) is 2.28. The lowest BCUT2D eigenvalue weighted by Crippen LogP contribution is -2.30. The van der Waals surface area contributed by atoms with E-state index in [4.69, 9.17) is 0 Å². The molecule has 1 aromatic carbocycles. The number of benzene rings is 1. The van der Waals surface area contributed by atoms with Crippen LogP contribution in [0.15, 0.2) is 18.2 Å². The molecule has 0 spiro atoms. The summed E-state index contributed by atoms with van der Waals surface area (Å²) in [7, 11) is 0. The van der Waals surface area contributed by atoms with Gasteiger partial charge in [-0.15, -0.1) is 0 Å². The van der Waals surface area contributed by atoms with Crippen molar-refractivity contribution in [3.63, 3.8) is 0 Å². The number of hydrogen-bond donors (Lipinski definition) is 2. The highest BCUT2D eigenvalue weighted by atomic mass is 19.1. The van der Waals surface area contributed by atoms with Crippen LogP contribution in [0.4, 0.5) is 10.1 Å². The van der Waals surface area contributed by atoms with Gasteiger partial charge in [0.15, 0.2) is 0 Å². The summed E-state index contributed by atoms with van der Waals surface area (Å²) in [5, 5.41) is 6.11. The summed E-state index contributed by atoms with van der Waals surface area (Å²) in [6, 6.07) is 4.65. The molecule has 1 aliphatic rings. The molecule has 0 saturated carbocycles. The molecule has 1 aromatic rings. The van der Waals surface area contributed by atoms with E-state index >= 15 is 0 Å². The summed E-state index contributed by atoms with van der Waals surface area (Å²) in [5.41, 5.74) is 1.22. The zero-order valence-electron chi connectivity index (χ0n) is 10.6. The summed E-state index contributed by atoms with van der Waals surface area (Å²) < 4.78 is 13.1. The van der Waals surface area contributed by atoms with Crippen LogP contribution in [0.1, 0.15) is 24.8 Å². The fourth-order valence-corrected chi connectivity index (χ4v) is 2.28. The molecule has 18 heavy (non-hydrogen) atoms. The average Bonchev–Trinajstić information content (AvgIpc) is 2.35. The van der Waals surface area contributed by atoms with Gasteiger partial charge in [0.05, 0.1) is 0 Å². The molecule has 2 N–H and O–H groups in total. The molecule has 1 fully saturated rings. The second kappa shape index (κ2) is 5.96. The van der Waals surface area contributed by atoms with Crippen LogP contribution in [0.2, 0.25) is 0 Å². The van der Waals surface area contributed by atoms with Crippen LogP contribution in [0.25, 0.3) is 0 Å². The van der Waals surface area contributed by atoms with Gasteiger partial charge in [0.25, 0.3) is 0 Å². The van der Waals surface area contributed by atoms with Gasteiger partial charge in [0, 0.05) is 12.1 Å². The Morgan fingerprint density at radius 1 is 1.44 bits per heavy atom. The number of carbonyl (C=O) groups is 1.